The van der Waals surface area contributed by atoms with Crippen molar-refractivity contribution < 1.29 is 9.53 Å². The summed E-state index contributed by atoms with van der Waals surface area (Å²) in [6.45, 7) is 1.52. The first-order valence-corrected chi connectivity index (χ1v) is 10.8. The van der Waals surface area contributed by atoms with Crippen LogP contribution in [0.5, 0.6) is 6.01 Å². The number of carbonyl (C=O) groups excluding carboxylic acids is 1. The molecule has 3 aromatic rings. The van der Waals surface area contributed by atoms with Crippen molar-refractivity contribution in [3.8, 4) is 6.01 Å². The van der Waals surface area contributed by atoms with Gasteiger partial charge in [-0.05, 0) is 37.2 Å². The van der Waals surface area contributed by atoms with Gasteiger partial charge in [0.15, 0.2) is 0 Å². The molecule has 30 heavy (non-hydrogen) atoms. The number of nitrogens with zero attached hydrogens (tertiary/aromatic N) is 6. The number of piperidine rings is 1. The molecule has 5 rings (SSSR count). The fourth-order valence-corrected chi connectivity index (χ4v) is 5.31. The average molecular weight is 429 g/mol. The number of likely N-dealkylation sites (tertiary alicyclic amines) is 1. The molecule has 2 unspecified atom stereocenters. The highest BCUT2D eigenvalue weighted by Crippen LogP contribution is 2.41. The van der Waals surface area contributed by atoms with Gasteiger partial charge in [0.25, 0.3) is 0 Å². The first kappa shape index (κ1) is 19.0. The lowest BCUT2D eigenvalue weighted by Gasteiger charge is -2.34. The van der Waals surface area contributed by atoms with Crippen LogP contribution in [-0.2, 0) is 0 Å². The van der Waals surface area contributed by atoms with Crippen molar-refractivity contribution in [2.45, 2.75) is 25.3 Å². The highest BCUT2D eigenvalue weighted by Gasteiger charge is 2.41. The lowest BCUT2D eigenvalue weighted by molar-refractivity contribution is 0.154. The molecule has 0 radical (unpaired) electrons. The van der Waals surface area contributed by atoms with Crippen molar-refractivity contribution >= 4 is 39.5 Å². The summed E-state index contributed by atoms with van der Waals surface area (Å²) in [6, 6.07) is 2.59. The number of ether oxygens (including phenoxy) is 1. The summed E-state index contributed by atoms with van der Waals surface area (Å²) in [5, 5.41) is 4.35. The number of hydrogen-bond acceptors (Lipinski definition) is 8. The van der Waals surface area contributed by atoms with Crippen molar-refractivity contribution in [3.63, 3.8) is 0 Å². The molecule has 2 amide bonds. The zero-order valence-electron chi connectivity index (χ0n) is 16.9. The third-order valence-electron chi connectivity index (χ3n) is 6.35. The van der Waals surface area contributed by atoms with E-state index in [4.69, 9.17) is 4.74 Å². The van der Waals surface area contributed by atoms with Gasteiger partial charge in [0, 0.05) is 43.9 Å². The second kappa shape index (κ2) is 7.71. The highest BCUT2D eigenvalue weighted by molar-refractivity contribution is 7.10. The Morgan fingerprint density at radius 1 is 1.37 bits per heavy atom. The third kappa shape index (κ3) is 3.42. The molecule has 158 valence electrons. The number of fused-ring (bicyclic) bond motifs is 2. The minimum absolute atomic E-state index is 0.117. The molecule has 1 saturated carbocycles. The minimum atomic E-state index is -0.117. The Kier molecular flexibility index (Phi) is 4.89. The van der Waals surface area contributed by atoms with E-state index in [0.29, 0.717) is 23.0 Å². The van der Waals surface area contributed by atoms with E-state index in [1.54, 1.807) is 6.33 Å². The Morgan fingerprint density at radius 3 is 3.07 bits per heavy atom. The number of H-pyrrole nitrogens is 1. The third-order valence-corrected chi connectivity index (χ3v) is 6.96. The lowest BCUT2D eigenvalue weighted by atomic mass is 9.89. The Hall–Kier alpha value is -2.95. The highest BCUT2D eigenvalue weighted by atomic mass is 32.1. The molecule has 3 atom stereocenters. The van der Waals surface area contributed by atoms with Crippen LogP contribution < -0.4 is 15.0 Å². The van der Waals surface area contributed by atoms with Gasteiger partial charge in [-0.3, -0.25) is 5.32 Å². The summed E-state index contributed by atoms with van der Waals surface area (Å²) in [5.74, 6) is 2.08. The van der Waals surface area contributed by atoms with Gasteiger partial charge in [-0.2, -0.15) is 4.98 Å². The van der Waals surface area contributed by atoms with Gasteiger partial charge in [0.2, 0.25) is 5.13 Å². The van der Waals surface area contributed by atoms with Gasteiger partial charge in [0.1, 0.15) is 17.8 Å². The molecule has 0 spiro atoms. The number of hydrogen-bond donors (Lipinski definition) is 2. The number of aromatic nitrogens is 5. The average Bonchev–Trinajstić information content (AvgIpc) is 3.50. The molecular weight excluding hydrogens is 404 g/mol. The van der Waals surface area contributed by atoms with Crippen LogP contribution in [0, 0.1) is 11.8 Å². The molecule has 1 aliphatic heterocycles. The maximum Gasteiger partial charge on any atom is 0.329 e. The minimum Gasteiger partial charge on any atom is -0.466 e. The van der Waals surface area contributed by atoms with E-state index in [2.05, 4.69) is 41.6 Å². The van der Waals surface area contributed by atoms with Crippen LogP contribution in [0.1, 0.15) is 19.3 Å². The predicted molar refractivity (Wildman–Crippen MR) is 114 cm³/mol. The molecule has 2 N–H and O–H groups in total. The maximum absolute atomic E-state index is 12.7. The lowest BCUT2D eigenvalue weighted by Crippen LogP contribution is -2.44. The number of amides is 2. The van der Waals surface area contributed by atoms with Crippen LogP contribution >= 0.6 is 11.5 Å². The Balaban J connectivity index is 1.24. The van der Waals surface area contributed by atoms with Gasteiger partial charge in [-0.25, -0.2) is 14.8 Å². The largest absolute Gasteiger partial charge is 0.466 e. The van der Waals surface area contributed by atoms with Gasteiger partial charge in [-0.15, -0.1) is 4.37 Å². The number of urea groups is 1. The van der Waals surface area contributed by atoms with Crippen LogP contribution in [0.15, 0.2) is 18.6 Å². The molecular formula is C19H24N8O2S. The van der Waals surface area contributed by atoms with E-state index in [0.717, 1.165) is 60.7 Å². The molecule has 11 heteroatoms. The van der Waals surface area contributed by atoms with Crippen molar-refractivity contribution in [2.24, 2.45) is 11.8 Å². The zero-order chi connectivity index (χ0) is 20.7. The summed E-state index contributed by atoms with van der Waals surface area (Å²) < 4.78 is 9.00. The van der Waals surface area contributed by atoms with Crippen molar-refractivity contribution in [2.75, 3.05) is 37.5 Å². The molecule has 1 saturated heterocycles. The van der Waals surface area contributed by atoms with Crippen LogP contribution in [0.3, 0.4) is 0 Å². The van der Waals surface area contributed by atoms with E-state index < -0.39 is 0 Å². The smallest absolute Gasteiger partial charge is 0.329 e. The summed E-state index contributed by atoms with van der Waals surface area (Å²) in [7, 11) is 3.62. The fraction of sp³-hybridized carbons (Fsp3) is 0.526. The summed E-state index contributed by atoms with van der Waals surface area (Å²) >= 11 is 1.12. The predicted octanol–water partition coefficient (Wildman–Crippen LogP) is 2.59. The molecule has 3 aromatic heterocycles. The monoisotopic (exact) mass is 428 g/mol. The number of nitrogens with one attached hydrogen (secondary N) is 2. The number of rotatable bonds is 4. The van der Waals surface area contributed by atoms with Crippen LogP contribution in [0.2, 0.25) is 0 Å². The first-order valence-electron chi connectivity index (χ1n) is 10.1. The summed E-state index contributed by atoms with van der Waals surface area (Å²) in [5.41, 5.74) is 0.860. The quantitative estimate of drug-likeness (QED) is 0.657. The summed E-state index contributed by atoms with van der Waals surface area (Å²) in [6.07, 6.45) is 6.70. The Morgan fingerprint density at radius 2 is 2.23 bits per heavy atom. The molecule has 1 aliphatic carbocycles. The standard InChI is InChI=1S/C19H24N8O2S/c1-26(16-14-3-5-20-15(14)21-10-22-16)13-7-11-4-6-27(9-12(11)8-13)19(28)24-18-23-17(29-2)25-30-18/h3,5,10-13H,4,6-9H2,1-2H3,(H,20,21,22)(H,23,24,25,28)/t11?,12-,13?/m0/s1. The molecule has 2 aliphatic rings. The van der Waals surface area contributed by atoms with Gasteiger partial charge >= 0.3 is 12.0 Å². The fourth-order valence-electron chi connectivity index (χ4n) is 4.78. The Labute approximate surface area is 177 Å². The molecule has 2 fully saturated rings. The molecule has 4 heterocycles. The number of methoxy groups -OCH3 is 1. The van der Waals surface area contributed by atoms with Gasteiger partial charge < -0.3 is 19.5 Å². The SMILES string of the molecule is COc1nsc(NC(=O)N2CCC3CC(N(C)c4ncnc5[nH]ccc45)C[C@H]3C2)n1. The van der Waals surface area contributed by atoms with E-state index in [9.17, 15) is 4.79 Å². The second-order valence-electron chi connectivity index (χ2n) is 7.94. The van der Waals surface area contributed by atoms with Gasteiger partial charge in [-0.1, -0.05) is 0 Å². The van der Waals surface area contributed by atoms with Crippen LogP contribution in [-0.4, -0.2) is 68.5 Å². The van der Waals surface area contributed by atoms with Crippen molar-refractivity contribution in [1.82, 2.24) is 29.2 Å². The maximum atomic E-state index is 12.7. The van der Waals surface area contributed by atoms with Crippen LogP contribution in [0.25, 0.3) is 11.0 Å². The Bertz CT molecular complexity index is 1050. The topological polar surface area (TPSA) is 112 Å². The zero-order valence-corrected chi connectivity index (χ0v) is 17.7. The first-order chi connectivity index (χ1) is 14.6. The summed E-state index contributed by atoms with van der Waals surface area (Å²) in [4.78, 5) is 33.0. The number of anilines is 2. The number of carbonyl (C=O) groups is 1. The normalized spacial score (nSPS) is 23.4. The van der Waals surface area contributed by atoms with Crippen LogP contribution in [0.4, 0.5) is 15.7 Å². The van der Waals surface area contributed by atoms with E-state index >= 15 is 0 Å². The molecule has 0 aromatic carbocycles. The van der Waals surface area contributed by atoms with Gasteiger partial charge in [0.05, 0.1) is 12.5 Å². The number of aromatic amines is 1. The second-order valence-corrected chi connectivity index (χ2v) is 8.70. The van der Waals surface area contributed by atoms with Crippen molar-refractivity contribution in [3.05, 3.63) is 18.6 Å². The van der Waals surface area contributed by atoms with E-state index in [1.165, 1.54) is 7.11 Å². The molecule has 0 bridgehead atoms. The van der Waals surface area contributed by atoms with E-state index in [-0.39, 0.29) is 12.0 Å². The van der Waals surface area contributed by atoms with Crippen molar-refractivity contribution in [1.29, 1.82) is 0 Å². The van der Waals surface area contributed by atoms with E-state index in [1.807, 2.05) is 17.2 Å². The molecule has 10 nitrogen and oxygen atoms in total.